The van der Waals surface area contributed by atoms with Gasteiger partial charge in [0.2, 0.25) is 0 Å². The molecule has 1 aromatic heterocycles. The first kappa shape index (κ1) is 21.3. The number of rotatable bonds is 6. The van der Waals surface area contributed by atoms with Gasteiger partial charge in [0, 0.05) is 34.6 Å². The van der Waals surface area contributed by atoms with Crippen LogP contribution in [0.25, 0.3) is 16.9 Å². The molecule has 32 heavy (non-hydrogen) atoms. The third-order valence-corrected chi connectivity index (χ3v) is 5.07. The summed E-state index contributed by atoms with van der Waals surface area (Å²) in [5.41, 5.74) is 3.53. The molecule has 2 N–H and O–H groups in total. The first-order chi connectivity index (χ1) is 15.5. The molecular weight excluding hydrogens is 424 g/mol. The van der Waals surface area contributed by atoms with Gasteiger partial charge in [0.25, 0.3) is 11.8 Å². The van der Waals surface area contributed by atoms with E-state index in [0.717, 1.165) is 11.3 Å². The summed E-state index contributed by atoms with van der Waals surface area (Å²) in [5.74, 6) is -0.521. The third-order valence-electron chi connectivity index (χ3n) is 4.82. The monoisotopic (exact) mass is 444 g/mol. The van der Waals surface area contributed by atoms with Crippen molar-refractivity contribution in [3.05, 3.63) is 101 Å². The Morgan fingerprint density at radius 1 is 0.938 bits per heavy atom. The van der Waals surface area contributed by atoms with Crippen molar-refractivity contribution in [2.45, 2.75) is 6.92 Å². The molecule has 4 rings (SSSR count). The zero-order chi connectivity index (χ0) is 22.5. The number of para-hydroxylation sites is 1. The van der Waals surface area contributed by atoms with Crippen LogP contribution in [-0.2, 0) is 0 Å². The molecule has 7 heteroatoms. The van der Waals surface area contributed by atoms with Gasteiger partial charge >= 0.3 is 0 Å². The van der Waals surface area contributed by atoms with Crippen molar-refractivity contribution in [2.24, 2.45) is 0 Å². The number of hydrogen-bond acceptors (Lipinski definition) is 3. The van der Waals surface area contributed by atoms with Gasteiger partial charge in [0.1, 0.15) is 5.69 Å². The highest BCUT2D eigenvalue weighted by atomic mass is 35.5. The maximum Gasteiger partial charge on any atom is 0.259 e. The molecule has 0 aliphatic carbocycles. The number of benzene rings is 3. The molecule has 0 saturated heterocycles. The van der Waals surface area contributed by atoms with Gasteiger partial charge in [0.05, 0.1) is 11.3 Å². The van der Waals surface area contributed by atoms with E-state index in [1.807, 2.05) is 49.4 Å². The van der Waals surface area contributed by atoms with E-state index in [1.165, 1.54) is 0 Å². The van der Waals surface area contributed by atoms with E-state index in [9.17, 15) is 9.59 Å². The Hall–Kier alpha value is -3.90. The Morgan fingerprint density at radius 2 is 1.69 bits per heavy atom. The number of amides is 2. The summed E-state index contributed by atoms with van der Waals surface area (Å²) in [6, 6.07) is 23.5. The van der Waals surface area contributed by atoms with E-state index >= 15 is 0 Å². The summed E-state index contributed by atoms with van der Waals surface area (Å²) in [6.45, 7) is 2.38. The van der Waals surface area contributed by atoms with E-state index in [4.69, 9.17) is 11.6 Å². The maximum atomic E-state index is 13.2. The number of nitrogens with one attached hydrogen (secondary N) is 2. The quantitative estimate of drug-likeness (QED) is 0.429. The van der Waals surface area contributed by atoms with E-state index in [1.54, 1.807) is 47.3 Å². The summed E-state index contributed by atoms with van der Waals surface area (Å²) in [6.07, 6.45) is 1.70. The predicted molar refractivity (Wildman–Crippen MR) is 126 cm³/mol. The topological polar surface area (TPSA) is 76.0 Å². The molecule has 0 radical (unpaired) electrons. The molecule has 2 amide bonds. The van der Waals surface area contributed by atoms with Gasteiger partial charge in [-0.05, 0) is 49.4 Å². The standard InChI is InChI=1S/C25H21ClN4O2/c1-2-27-24(31)18-7-6-8-20(15-18)28-25(32)22-16-30(21-9-4-3-5-10-21)29-23(22)17-11-13-19(26)14-12-17/h3-16H,2H2,1H3,(H,27,31)(H,28,32). The molecule has 3 aromatic carbocycles. The van der Waals surface area contributed by atoms with Crippen LogP contribution in [0.5, 0.6) is 0 Å². The van der Waals surface area contributed by atoms with Gasteiger partial charge in [-0.2, -0.15) is 5.10 Å². The second kappa shape index (κ2) is 9.49. The van der Waals surface area contributed by atoms with Crippen molar-refractivity contribution >= 4 is 29.1 Å². The molecule has 0 saturated carbocycles. The maximum absolute atomic E-state index is 13.2. The lowest BCUT2D eigenvalue weighted by Gasteiger charge is -2.08. The van der Waals surface area contributed by atoms with Crippen LogP contribution in [0.15, 0.2) is 85.1 Å². The van der Waals surface area contributed by atoms with E-state index in [2.05, 4.69) is 15.7 Å². The van der Waals surface area contributed by atoms with Gasteiger partial charge in [-0.25, -0.2) is 4.68 Å². The number of halogens is 1. The number of aromatic nitrogens is 2. The summed E-state index contributed by atoms with van der Waals surface area (Å²) in [7, 11) is 0. The molecule has 0 aliphatic rings. The van der Waals surface area contributed by atoms with E-state index in [-0.39, 0.29) is 11.8 Å². The lowest BCUT2D eigenvalue weighted by Crippen LogP contribution is -2.22. The Labute approximate surface area is 190 Å². The van der Waals surface area contributed by atoms with Crippen molar-refractivity contribution in [1.82, 2.24) is 15.1 Å². The molecule has 0 unspecified atom stereocenters. The van der Waals surface area contributed by atoms with Gasteiger partial charge in [-0.15, -0.1) is 0 Å². The number of carbonyl (C=O) groups excluding carboxylic acids is 2. The fraction of sp³-hybridized carbons (Fsp3) is 0.0800. The van der Waals surface area contributed by atoms with Crippen molar-refractivity contribution in [3.8, 4) is 16.9 Å². The average molecular weight is 445 g/mol. The first-order valence-electron chi connectivity index (χ1n) is 10.2. The lowest BCUT2D eigenvalue weighted by molar-refractivity contribution is 0.0954. The molecule has 0 spiro atoms. The highest BCUT2D eigenvalue weighted by Gasteiger charge is 2.19. The van der Waals surface area contributed by atoms with E-state index in [0.29, 0.717) is 34.1 Å². The summed E-state index contributed by atoms with van der Waals surface area (Å²) in [4.78, 5) is 25.4. The molecule has 0 aliphatic heterocycles. The zero-order valence-corrected chi connectivity index (χ0v) is 18.1. The second-order valence-electron chi connectivity index (χ2n) is 7.07. The molecule has 0 fully saturated rings. The average Bonchev–Trinajstić information content (AvgIpc) is 3.26. The Kier molecular flexibility index (Phi) is 6.33. The largest absolute Gasteiger partial charge is 0.352 e. The highest BCUT2D eigenvalue weighted by molar-refractivity contribution is 6.30. The van der Waals surface area contributed by atoms with Crippen molar-refractivity contribution in [1.29, 1.82) is 0 Å². The Bertz CT molecular complexity index is 1250. The van der Waals surface area contributed by atoms with Gasteiger partial charge in [0.15, 0.2) is 0 Å². The Balaban J connectivity index is 1.69. The predicted octanol–water partition coefficient (Wildman–Crippen LogP) is 5.19. The van der Waals surface area contributed by atoms with Crippen LogP contribution < -0.4 is 10.6 Å². The number of carbonyl (C=O) groups is 2. The number of hydrogen-bond donors (Lipinski definition) is 2. The summed E-state index contributed by atoms with van der Waals surface area (Å²) < 4.78 is 1.67. The SMILES string of the molecule is CCNC(=O)c1cccc(NC(=O)c2cn(-c3ccccc3)nc2-c2ccc(Cl)cc2)c1. The smallest absolute Gasteiger partial charge is 0.259 e. The van der Waals surface area contributed by atoms with E-state index < -0.39 is 0 Å². The molecule has 6 nitrogen and oxygen atoms in total. The molecule has 4 aromatic rings. The molecule has 0 atom stereocenters. The molecule has 1 heterocycles. The van der Waals surface area contributed by atoms with Crippen molar-refractivity contribution in [3.63, 3.8) is 0 Å². The molecule has 160 valence electrons. The second-order valence-corrected chi connectivity index (χ2v) is 7.51. The van der Waals surface area contributed by atoms with Crippen LogP contribution in [0.4, 0.5) is 5.69 Å². The minimum atomic E-state index is -0.329. The van der Waals surface area contributed by atoms with Crippen LogP contribution in [0.3, 0.4) is 0 Å². The van der Waals surface area contributed by atoms with Crippen molar-refractivity contribution in [2.75, 3.05) is 11.9 Å². The lowest BCUT2D eigenvalue weighted by atomic mass is 10.1. The van der Waals surface area contributed by atoms with Crippen LogP contribution >= 0.6 is 11.6 Å². The highest BCUT2D eigenvalue weighted by Crippen LogP contribution is 2.26. The molecule has 0 bridgehead atoms. The first-order valence-corrected chi connectivity index (χ1v) is 10.5. The minimum Gasteiger partial charge on any atom is -0.352 e. The Morgan fingerprint density at radius 3 is 2.41 bits per heavy atom. The molecular formula is C25H21ClN4O2. The number of anilines is 1. The summed E-state index contributed by atoms with van der Waals surface area (Å²) >= 11 is 6.04. The third kappa shape index (κ3) is 4.71. The summed E-state index contributed by atoms with van der Waals surface area (Å²) in [5, 5.41) is 10.9. The van der Waals surface area contributed by atoms with Crippen LogP contribution in [0.1, 0.15) is 27.6 Å². The van der Waals surface area contributed by atoms with Gasteiger partial charge < -0.3 is 10.6 Å². The van der Waals surface area contributed by atoms with Crippen LogP contribution in [0, 0.1) is 0 Å². The van der Waals surface area contributed by atoms with Crippen molar-refractivity contribution < 1.29 is 9.59 Å². The van der Waals surface area contributed by atoms with Crippen LogP contribution in [0.2, 0.25) is 5.02 Å². The van der Waals surface area contributed by atoms with Gasteiger partial charge in [-0.3, -0.25) is 9.59 Å². The number of nitrogens with zero attached hydrogens (tertiary/aromatic N) is 2. The fourth-order valence-corrected chi connectivity index (χ4v) is 3.40. The normalized spacial score (nSPS) is 10.6. The zero-order valence-electron chi connectivity index (χ0n) is 17.4. The fourth-order valence-electron chi connectivity index (χ4n) is 3.27. The van der Waals surface area contributed by atoms with Gasteiger partial charge in [-0.1, -0.05) is 48.0 Å². The minimum absolute atomic E-state index is 0.192. The van der Waals surface area contributed by atoms with Crippen LogP contribution in [-0.4, -0.2) is 28.1 Å².